The summed E-state index contributed by atoms with van der Waals surface area (Å²) in [6.45, 7) is 3.59. The van der Waals surface area contributed by atoms with Gasteiger partial charge in [-0.05, 0) is 43.6 Å². The standard InChI is InChI=1S/C11H16BrN3OS/c1-8-10(17-14-13-8)11(16)15-6-2-3-9(7-15)4-5-12/h9H,2-7H2,1H3. The number of alkyl halides is 1. The Kier molecular flexibility index (Phi) is 4.50. The molecule has 0 N–H and O–H groups in total. The maximum atomic E-state index is 12.3. The Morgan fingerprint density at radius 1 is 1.65 bits per heavy atom. The molecule has 0 bridgehead atoms. The van der Waals surface area contributed by atoms with Gasteiger partial charge in [0.1, 0.15) is 4.88 Å². The number of carbonyl (C=O) groups excluding carboxylic acids is 1. The van der Waals surface area contributed by atoms with Crippen LogP contribution in [0.5, 0.6) is 0 Å². The van der Waals surface area contributed by atoms with E-state index >= 15 is 0 Å². The second kappa shape index (κ2) is 5.91. The van der Waals surface area contributed by atoms with Crippen LogP contribution in [0, 0.1) is 12.8 Å². The van der Waals surface area contributed by atoms with Crippen LogP contribution in [-0.4, -0.2) is 38.8 Å². The molecule has 1 aromatic rings. The van der Waals surface area contributed by atoms with Gasteiger partial charge in [-0.25, -0.2) is 0 Å². The number of hydrogen-bond donors (Lipinski definition) is 0. The maximum Gasteiger partial charge on any atom is 0.267 e. The molecule has 4 nitrogen and oxygen atoms in total. The molecule has 2 rings (SSSR count). The fourth-order valence-corrected chi connectivity index (χ4v) is 3.48. The Balaban J connectivity index is 2.02. The van der Waals surface area contributed by atoms with Crippen molar-refractivity contribution in [2.75, 3.05) is 18.4 Å². The second-order valence-electron chi connectivity index (χ2n) is 4.42. The first-order valence-electron chi connectivity index (χ1n) is 5.86. The van der Waals surface area contributed by atoms with Gasteiger partial charge in [0.25, 0.3) is 5.91 Å². The number of aryl methyl sites for hydroxylation is 1. The fraction of sp³-hybridized carbons (Fsp3) is 0.727. The molecule has 0 spiro atoms. The zero-order valence-corrected chi connectivity index (χ0v) is 12.3. The first-order valence-corrected chi connectivity index (χ1v) is 7.76. The highest BCUT2D eigenvalue weighted by Crippen LogP contribution is 2.23. The average Bonchev–Trinajstić information content (AvgIpc) is 2.75. The van der Waals surface area contributed by atoms with Crippen molar-refractivity contribution in [3.05, 3.63) is 10.6 Å². The van der Waals surface area contributed by atoms with E-state index in [2.05, 4.69) is 25.5 Å². The molecule has 1 aliphatic heterocycles. The van der Waals surface area contributed by atoms with E-state index in [1.165, 1.54) is 18.0 Å². The van der Waals surface area contributed by atoms with Crippen LogP contribution in [0.15, 0.2) is 0 Å². The molecule has 1 amide bonds. The van der Waals surface area contributed by atoms with Gasteiger partial charge in [0, 0.05) is 18.4 Å². The lowest BCUT2D eigenvalue weighted by atomic mass is 9.95. The van der Waals surface area contributed by atoms with Crippen LogP contribution >= 0.6 is 27.5 Å². The highest BCUT2D eigenvalue weighted by atomic mass is 79.9. The summed E-state index contributed by atoms with van der Waals surface area (Å²) in [4.78, 5) is 14.9. The number of halogens is 1. The van der Waals surface area contributed by atoms with Crippen molar-refractivity contribution in [1.29, 1.82) is 0 Å². The Morgan fingerprint density at radius 3 is 3.12 bits per heavy atom. The number of likely N-dealkylation sites (tertiary alicyclic amines) is 1. The number of carbonyl (C=O) groups is 1. The number of amides is 1. The molecule has 1 unspecified atom stereocenters. The van der Waals surface area contributed by atoms with Gasteiger partial charge in [-0.3, -0.25) is 4.79 Å². The summed E-state index contributed by atoms with van der Waals surface area (Å²) in [5.41, 5.74) is 0.752. The van der Waals surface area contributed by atoms with E-state index in [0.29, 0.717) is 10.8 Å². The molecule has 2 heterocycles. The summed E-state index contributed by atoms with van der Waals surface area (Å²) in [7, 11) is 0. The number of rotatable bonds is 3. The first kappa shape index (κ1) is 13.0. The number of aromatic nitrogens is 2. The van der Waals surface area contributed by atoms with Crippen molar-refractivity contribution in [3.63, 3.8) is 0 Å². The normalized spacial score (nSPS) is 20.6. The molecular weight excluding hydrogens is 302 g/mol. The van der Waals surface area contributed by atoms with Crippen molar-refractivity contribution < 1.29 is 4.79 Å². The Hall–Kier alpha value is -0.490. The molecule has 0 aromatic carbocycles. The van der Waals surface area contributed by atoms with Gasteiger partial charge in [0.2, 0.25) is 0 Å². The highest BCUT2D eigenvalue weighted by Gasteiger charge is 2.26. The van der Waals surface area contributed by atoms with Crippen molar-refractivity contribution >= 4 is 33.4 Å². The fourth-order valence-electron chi connectivity index (χ4n) is 2.21. The van der Waals surface area contributed by atoms with E-state index in [4.69, 9.17) is 0 Å². The van der Waals surface area contributed by atoms with Gasteiger partial charge >= 0.3 is 0 Å². The lowest BCUT2D eigenvalue weighted by Crippen LogP contribution is -2.40. The molecule has 94 valence electrons. The Labute approximate surface area is 114 Å². The van der Waals surface area contributed by atoms with Crippen molar-refractivity contribution in [1.82, 2.24) is 14.5 Å². The van der Waals surface area contributed by atoms with E-state index in [1.54, 1.807) is 0 Å². The van der Waals surface area contributed by atoms with Crippen molar-refractivity contribution in [2.45, 2.75) is 26.2 Å². The smallest absolute Gasteiger partial charge is 0.267 e. The topological polar surface area (TPSA) is 46.1 Å². The minimum atomic E-state index is 0.108. The molecule has 0 radical (unpaired) electrons. The maximum absolute atomic E-state index is 12.3. The lowest BCUT2D eigenvalue weighted by Gasteiger charge is -2.32. The predicted octanol–water partition coefficient (Wildman–Crippen LogP) is 2.48. The minimum absolute atomic E-state index is 0.108. The number of piperidine rings is 1. The van der Waals surface area contributed by atoms with Gasteiger partial charge in [0.05, 0.1) is 5.69 Å². The van der Waals surface area contributed by atoms with Gasteiger partial charge in [-0.1, -0.05) is 20.4 Å². The van der Waals surface area contributed by atoms with Crippen LogP contribution in [0.3, 0.4) is 0 Å². The SMILES string of the molecule is Cc1nnsc1C(=O)N1CCCC(CCBr)C1. The molecular formula is C11H16BrN3OS. The van der Waals surface area contributed by atoms with Gasteiger partial charge in [0.15, 0.2) is 0 Å². The lowest BCUT2D eigenvalue weighted by molar-refractivity contribution is 0.0676. The number of nitrogens with zero attached hydrogens (tertiary/aromatic N) is 3. The molecule has 0 saturated carbocycles. The largest absolute Gasteiger partial charge is 0.338 e. The number of hydrogen-bond acceptors (Lipinski definition) is 4. The monoisotopic (exact) mass is 317 g/mol. The van der Waals surface area contributed by atoms with Crippen LogP contribution in [0.2, 0.25) is 0 Å². The third kappa shape index (κ3) is 3.04. The molecule has 1 saturated heterocycles. The van der Waals surface area contributed by atoms with Gasteiger partial charge in [-0.2, -0.15) is 0 Å². The van der Waals surface area contributed by atoms with Crippen LogP contribution in [0.4, 0.5) is 0 Å². The molecule has 1 atom stereocenters. The van der Waals surface area contributed by atoms with E-state index in [0.717, 1.165) is 37.0 Å². The molecule has 1 aromatic heterocycles. The van der Waals surface area contributed by atoms with Crippen LogP contribution < -0.4 is 0 Å². The minimum Gasteiger partial charge on any atom is -0.338 e. The van der Waals surface area contributed by atoms with E-state index < -0.39 is 0 Å². The average molecular weight is 318 g/mol. The summed E-state index contributed by atoms with van der Waals surface area (Å²) >= 11 is 4.68. The first-order chi connectivity index (χ1) is 8.22. The molecule has 0 aliphatic carbocycles. The third-order valence-corrected chi connectivity index (χ3v) is 4.44. The quantitative estimate of drug-likeness (QED) is 0.805. The molecule has 17 heavy (non-hydrogen) atoms. The van der Waals surface area contributed by atoms with Crippen LogP contribution in [0.1, 0.15) is 34.6 Å². The summed E-state index contributed by atoms with van der Waals surface area (Å²) < 4.78 is 3.83. The third-order valence-electron chi connectivity index (χ3n) is 3.17. The zero-order chi connectivity index (χ0) is 12.3. The Bertz CT molecular complexity index is 394. The van der Waals surface area contributed by atoms with E-state index in [9.17, 15) is 4.79 Å². The van der Waals surface area contributed by atoms with Crippen molar-refractivity contribution in [2.24, 2.45) is 5.92 Å². The van der Waals surface area contributed by atoms with Gasteiger partial charge < -0.3 is 4.90 Å². The van der Waals surface area contributed by atoms with Gasteiger partial charge in [-0.15, -0.1) is 5.10 Å². The summed E-state index contributed by atoms with van der Waals surface area (Å²) in [5.74, 6) is 0.741. The van der Waals surface area contributed by atoms with Crippen LogP contribution in [0.25, 0.3) is 0 Å². The highest BCUT2D eigenvalue weighted by molar-refractivity contribution is 9.09. The summed E-state index contributed by atoms with van der Waals surface area (Å²) in [5, 5.41) is 4.92. The van der Waals surface area contributed by atoms with E-state index in [-0.39, 0.29) is 5.91 Å². The Morgan fingerprint density at radius 2 is 2.47 bits per heavy atom. The second-order valence-corrected chi connectivity index (χ2v) is 5.97. The molecule has 6 heteroatoms. The predicted molar refractivity (Wildman–Crippen MR) is 71.7 cm³/mol. The zero-order valence-electron chi connectivity index (χ0n) is 9.86. The molecule has 1 fully saturated rings. The van der Waals surface area contributed by atoms with Crippen molar-refractivity contribution in [3.8, 4) is 0 Å². The van der Waals surface area contributed by atoms with Crippen LogP contribution in [-0.2, 0) is 0 Å². The molecule has 1 aliphatic rings. The summed E-state index contributed by atoms with van der Waals surface area (Å²) in [6, 6.07) is 0. The van der Waals surface area contributed by atoms with E-state index in [1.807, 2.05) is 11.8 Å². The summed E-state index contributed by atoms with van der Waals surface area (Å²) in [6.07, 6.45) is 3.48.